The zero-order valence-electron chi connectivity index (χ0n) is 10.5. The van der Waals surface area contributed by atoms with Crippen molar-refractivity contribution in [2.24, 2.45) is 5.14 Å². The smallest absolute Gasteiger partial charge is 0.225 e. The van der Waals surface area contributed by atoms with Crippen molar-refractivity contribution in [1.82, 2.24) is 5.32 Å². The molecule has 0 aliphatic heterocycles. The summed E-state index contributed by atoms with van der Waals surface area (Å²) in [6, 6.07) is 6.62. The molecule has 1 rings (SSSR count). The minimum absolute atomic E-state index is 0. The molecule has 0 spiro atoms. The van der Waals surface area contributed by atoms with Gasteiger partial charge in [-0.1, -0.05) is 12.1 Å². The number of rotatable bonds is 6. The van der Waals surface area contributed by atoms with Crippen LogP contribution in [-0.4, -0.2) is 27.9 Å². The standard InChI is InChI=1S/C11H17N3O3S.ClH/c1-13-6-5-11(15)14-10-4-2-3-9(7-10)8-18(12,16)17;/h2-4,7,13H,5-6,8H2,1H3,(H,14,15)(H2,12,16,17);1H. The van der Waals surface area contributed by atoms with Crippen LogP contribution in [0.3, 0.4) is 0 Å². The molecule has 19 heavy (non-hydrogen) atoms. The number of carbonyl (C=O) groups excluding carboxylic acids is 1. The fraction of sp³-hybridized carbons (Fsp3) is 0.364. The van der Waals surface area contributed by atoms with E-state index in [2.05, 4.69) is 10.6 Å². The second kappa shape index (κ2) is 8.11. The lowest BCUT2D eigenvalue weighted by molar-refractivity contribution is -0.116. The highest BCUT2D eigenvalue weighted by molar-refractivity contribution is 7.88. The molecule has 1 aromatic carbocycles. The van der Waals surface area contributed by atoms with Gasteiger partial charge in [0.15, 0.2) is 0 Å². The minimum Gasteiger partial charge on any atom is -0.326 e. The molecule has 4 N–H and O–H groups in total. The third kappa shape index (κ3) is 7.78. The topological polar surface area (TPSA) is 101 Å². The third-order valence-corrected chi connectivity index (χ3v) is 2.92. The van der Waals surface area contributed by atoms with Crippen molar-refractivity contribution in [1.29, 1.82) is 0 Å². The van der Waals surface area contributed by atoms with Gasteiger partial charge in [0, 0.05) is 18.7 Å². The van der Waals surface area contributed by atoms with Crippen LogP contribution < -0.4 is 15.8 Å². The van der Waals surface area contributed by atoms with Crippen molar-refractivity contribution < 1.29 is 13.2 Å². The molecule has 0 saturated carbocycles. The zero-order valence-corrected chi connectivity index (χ0v) is 12.2. The molecule has 0 aliphatic carbocycles. The molecule has 0 aromatic heterocycles. The second-order valence-electron chi connectivity index (χ2n) is 3.91. The normalized spacial score (nSPS) is 10.6. The number of halogens is 1. The van der Waals surface area contributed by atoms with Gasteiger partial charge < -0.3 is 10.6 Å². The largest absolute Gasteiger partial charge is 0.326 e. The minimum atomic E-state index is -3.56. The fourth-order valence-corrected chi connectivity index (χ4v) is 2.08. The number of nitrogens with one attached hydrogen (secondary N) is 2. The molecule has 0 heterocycles. The third-order valence-electron chi connectivity index (χ3n) is 2.18. The van der Waals surface area contributed by atoms with E-state index in [1.165, 1.54) is 0 Å². The van der Waals surface area contributed by atoms with Crippen molar-refractivity contribution in [2.75, 3.05) is 18.9 Å². The van der Waals surface area contributed by atoms with Gasteiger partial charge in [0.05, 0.1) is 5.75 Å². The van der Waals surface area contributed by atoms with Gasteiger partial charge in [0.1, 0.15) is 0 Å². The summed E-state index contributed by atoms with van der Waals surface area (Å²) >= 11 is 0. The number of benzene rings is 1. The van der Waals surface area contributed by atoms with Gasteiger partial charge in [-0.15, -0.1) is 12.4 Å². The van der Waals surface area contributed by atoms with E-state index in [1.54, 1.807) is 31.3 Å². The van der Waals surface area contributed by atoms with Crippen LogP contribution >= 0.6 is 12.4 Å². The van der Waals surface area contributed by atoms with Crippen molar-refractivity contribution >= 4 is 34.0 Å². The van der Waals surface area contributed by atoms with Crippen molar-refractivity contribution in [3.05, 3.63) is 29.8 Å². The Hall–Kier alpha value is -1.15. The average Bonchev–Trinajstić information content (AvgIpc) is 2.24. The molecular formula is C11H18ClN3O3S. The van der Waals surface area contributed by atoms with Crippen LogP contribution in [0.4, 0.5) is 5.69 Å². The number of amides is 1. The summed E-state index contributed by atoms with van der Waals surface area (Å²) in [6.07, 6.45) is 0.357. The molecule has 8 heteroatoms. The van der Waals surface area contributed by atoms with Gasteiger partial charge in [-0.2, -0.15) is 0 Å². The highest BCUT2D eigenvalue weighted by Crippen LogP contribution is 2.12. The van der Waals surface area contributed by atoms with E-state index < -0.39 is 10.0 Å². The molecule has 0 bridgehead atoms. The fourth-order valence-electron chi connectivity index (χ4n) is 1.43. The van der Waals surface area contributed by atoms with Crippen LogP contribution in [0.5, 0.6) is 0 Å². The first-order chi connectivity index (χ1) is 8.40. The van der Waals surface area contributed by atoms with Crippen LogP contribution in [-0.2, 0) is 20.6 Å². The number of primary sulfonamides is 1. The molecule has 0 atom stereocenters. The van der Waals surface area contributed by atoms with Crippen LogP contribution in [0.15, 0.2) is 24.3 Å². The summed E-state index contributed by atoms with van der Waals surface area (Å²) in [5.74, 6) is -0.371. The molecule has 1 aromatic rings. The van der Waals surface area contributed by atoms with E-state index in [4.69, 9.17) is 5.14 Å². The Balaban J connectivity index is 0.00000324. The second-order valence-corrected chi connectivity index (χ2v) is 5.52. The lowest BCUT2D eigenvalue weighted by Gasteiger charge is -2.07. The number of nitrogens with two attached hydrogens (primary N) is 1. The van der Waals surface area contributed by atoms with E-state index in [0.29, 0.717) is 24.2 Å². The quantitative estimate of drug-likeness (QED) is 0.710. The van der Waals surface area contributed by atoms with Crippen molar-refractivity contribution in [3.63, 3.8) is 0 Å². The van der Waals surface area contributed by atoms with Gasteiger partial charge >= 0.3 is 0 Å². The molecule has 108 valence electrons. The first-order valence-electron chi connectivity index (χ1n) is 5.44. The maximum Gasteiger partial charge on any atom is 0.225 e. The maximum atomic E-state index is 11.5. The lowest BCUT2D eigenvalue weighted by atomic mass is 10.2. The number of anilines is 1. The molecular weight excluding hydrogens is 290 g/mol. The van der Waals surface area contributed by atoms with Gasteiger partial charge in [0.2, 0.25) is 15.9 Å². The van der Waals surface area contributed by atoms with Gasteiger partial charge in [-0.3, -0.25) is 4.79 Å². The van der Waals surface area contributed by atoms with Gasteiger partial charge in [0.25, 0.3) is 0 Å². The summed E-state index contributed by atoms with van der Waals surface area (Å²) in [6.45, 7) is 0.586. The van der Waals surface area contributed by atoms with E-state index in [9.17, 15) is 13.2 Å². The summed E-state index contributed by atoms with van der Waals surface area (Å²) in [4.78, 5) is 11.5. The summed E-state index contributed by atoms with van der Waals surface area (Å²) in [5.41, 5.74) is 1.11. The van der Waals surface area contributed by atoms with E-state index in [-0.39, 0.29) is 24.1 Å². The summed E-state index contributed by atoms with van der Waals surface area (Å²) in [7, 11) is -1.80. The summed E-state index contributed by atoms with van der Waals surface area (Å²) < 4.78 is 21.9. The van der Waals surface area contributed by atoms with Crippen molar-refractivity contribution in [2.45, 2.75) is 12.2 Å². The van der Waals surface area contributed by atoms with Crippen LogP contribution in [0.25, 0.3) is 0 Å². The highest BCUT2D eigenvalue weighted by Gasteiger charge is 2.06. The van der Waals surface area contributed by atoms with E-state index in [1.807, 2.05) is 0 Å². The monoisotopic (exact) mass is 307 g/mol. The number of hydrogen-bond donors (Lipinski definition) is 3. The number of carbonyl (C=O) groups is 1. The van der Waals surface area contributed by atoms with Gasteiger partial charge in [-0.05, 0) is 24.7 Å². The Morgan fingerprint density at radius 2 is 2.05 bits per heavy atom. The number of sulfonamides is 1. The Bertz CT molecular complexity index is 520. The Morgan fingerprint density at radius 1 is 1.37 bits per heavy atom. The molecule has 0 aliphatic rings. The SMILES string of the molecule is CNCCC(=O)Nc1cccc(CS(N)(=O)=O)c1.Cl. The molecule has 1 amide bonds. The first kappa shape index (κ1) is 17.8. The van der Waals surface area contributed by atoms with Crippen LogP contribution in [0.1, 0.15) is 12.0 Å². The predicted octanol–water partition coefficient (Wildman–Crippen LogP) is 0.445. The molecule has 0 radical (unpaired) electrons. The van der Waals surface area contributed by atoms with Crippen LogP contribution in [0, 0.1) is 0 Å². The molecule has 0 fully saturated rings. The predicted molar refractivity (Wildman–Crippen MR) is 77.7 cm³/mol. The molecule has 0 unspecified atom stereocenters. The Kier molecular flexibility index (Phi) is 7.62. The number of hydrogen-bond acceptors (Lipinski definition) is 4. The first-order valence-corrected chi connectivity index (χ1v) is 7.16. The Morgan fingerprint density at radius 3 is 2.63 bits per heavy atom. The average molecular weight is 308 g/mol. The molecule has 6 nitrogen and oxygen atoms in total. The van der Waals surface area contributed by atoms with Crippen LogP contribution in [0.2, 0.25) is 0 Å². The lowest BCUT2D eigenvalue weighted by Crippen LogP contribution is -2.19. The maximum absolute atomic E-state index is 11.5. The Labute approximate surface area is 119 Å². The van der Waals surface area contributed by atoms with Crippen molar-refractivity contribution in [3.8, 4) is 0 Å². The highest BCUT2D eigenvalue weighted by atomic mass is 35.5. The molecule has 0 saturated heterocycles. The van der Waals surface area contributed by atoms with E-state index >= 15 is 0 Å². The summed E-state index contributed by atoms with van der Waals surface area (Å²) in [5, 5.41) is 10.5. The van der Waals surface area contributed by atoms with Gasteiger partial charge in [-0.25, -0.2) is 13.6 Å². The zero-order chi connectivity index (χ0) is 13.6. The van der Waals surface area contributed by atoms with E-state index in [0.717, 1.165) is 0 Å².